The molecule has 0 aliphatic heterocycles. The Morgan fingerprint density at radius 1 is 1.44 bits per heavy atom. The first-order valence-corrected chi connectivity index (χ1v) is 5.51. The molecule has 0 amide bonds. The van der Waals surface area contributed by atoms with Crippen LogP contribution in [0.25, 0.3) is 0 Å². The Balaban J connectivity index is 2.39. The fraction of sp³-hybridized carbons (Fsp3) is 0.0909. The maximum atomic E-state index is 11.8. The molecule has 0 bridgehead atoms. The van der Waals surface area contributed by atoms with E-state index >= 15 is 0 Å². The van der Waals surface area contributed by atoms with Crippen molar-refractivity contribution in [2.45, 2.75) is 6.54 Å². The van der Waals surface area contributed by atoms with Gasteiger partial charge >= 0.3 is 0 Å². The van der Waals surface area contributed by atoms with Crippen molar-refractivity contribution in [1.82, 2.24) is 9.55 Å². The van der Waals surface area contributed by atoms with E-state index in [0.29, 0.717) is 16.7 Å². The van der Waals surface area contributed by atoms with Crippen LogP contribution in [0.3, 0.4) is 0 Å². The molecule has 0 aliphatic carbocycles. The van der Waals surface area contributed by atoms with Crippen LogP contribution in [-0.2, 0) is 6.54 Å². The number of aromatic nitrogens is 2. The van der Waals surface area contributed by atoms with Gasteiger partial charge in [0.15, 0.2) is 0 Å². The number of nitrogens with zero attached hydrogens (tertiary/aromatic N) is 2. The maximum Gasteiger partial charge on any atom is 0.265 e. The third-order valence-electron chi connectivity index (χ3n) is 2.12. The van der Waals surface area contributed by atoms with Crippen LogP contribution in [-0.4, -0.2) is 9.55 Å². The monoisotopic (exact) mass is 279 g/mol. The summed E-state index contributed by atoms with van der Waals surface area (Å²) >= 11 is 3.18. The fourth-order valence-electron chi connectivity index (χ4n) is 1.40. The quantitative estimate of drug-likeness (QED) is 0.909. The van der Waals surface area contributed by atoms with Gasteiger partial charge in [0.25, 0.3) is 5.56 Å². The van der Waals surface area contributed by atoms with E-state index in [2.05, 4.69) is 20.9 Å². The standard InChI is InChI=1S/C11H10BrN3O/c12-10-5-8(13)6-15(11(10)16)7-9-3-1-2-4-14-9/h1-6H,7,13H2. The molecule has 0 spiro atoms. The van der Waals surface area contributed by atoms with Gasteiger partial charge in [-0.2, -0.15) is 0 Å². The molecule has 16 heavy (non-hydrogen) atoms. The minimum atomic E-state index is -0.111. The summed E-state index contributed by atoms with van der Waals surface area (Å²) in [6.45, 7) is 0.420. The second-order valence-electron chi connectivity index (χ2n) is 3.38. The first-order valence-electron chi connectivity index (χ1n) is 4.72. The van der Waals surface area contributed by atoms with E-state index in [1.54, 1.807) is 18.5 Å². The van der Waals surface area contributed by atoms with E-state index in [0.717, 1.165) is 5.69 Å². The van der Waals surface area contributed by atoms with Crippen LogP contribution < -0.4 is 11.3 Å². The zero-order chi connectivity index (χ0) is 11.5. The Morgan fingerprint density at radius 2 is 2.25 bits per heavy atom. The van der Waals surface area contributed by atoms with Crippen LogP contribution in [0.1, 0.15) is 5.69 Å². The summed E-state index contributed by atoms with van der Waals surface area (Å²) in [6.07, 6.45) is 3.31. The molecule has 0 atom stereocenters. The van der Waals surface area contributed by atoms with Crippen LogP contribution in [0.5, 0.6) is 0 Å². The van der Waals surface area contributed by atoms with E-state index < -0.39 is 0 Å². The lowest BCUT2D eigenvalue weighted by Crippen LogP contribution is -2.21. The topological polar surface area (TPSA) is 60.9 Å². The lowest BCUT2D eigenvalue weighted by molar-refractivity contribution is 0.737. The summed E-state index contributed by atoms with van der Waals surface area (Å²) in [6, 6.07) is 7.18. The molecule has 0 fully saturated rings. The number of halogens is 1. The molecule has 4 nitrogen and oxygen atoms in total. The number of nitrogen functional groups attached to an aromatic ring is 1. The van der Waals surface area contributed by atoms with Crippen molar-refractivity contribution >= 4 is 21.6 Å². The number of hydrogen-bond donors (Lipinski definition) is 1. The molecule has 0 aromatic carbocycles. The summed E-state index contributed by atoms with van der Waals surface area (Å²) in [7, 11) is 0. The molecular weight excluding hydrogens is 270 g/mol. The molecule has 0 radical (unpaired) electrons. The normalized spacial score (nSPS) is 10.3. The average molecular weight is 280 g/mol. The Hall–Kier alpha value is -1.62. The number of hydrogen-bond acceptors (Lipinski definition) is 3. The van der Waals surface area contributed by atoms with Crippen molar-refractivity contribution < 1.29 is 0 Å². The van der Waals surface area contributed by atoms with Crippen molar-refractivity contribution in [2.75, 3.05) is 5.73 Å². The Morgan fingerprint density at radius 3 is 2.94 bits per heavy atom. The number of anilines is 1. The highest BCUT2D eigenvalue weighted by Gasteiger charge is 2.03. The van der Waals surface area contributed by atoms with Gasteiger partial charge in [-0.1, -0.05) is 6.07 Å². The molecule has 2 rings (SSSR count). The van der Waals surface area contributed by atoms with Gasteiger partial charge in [-0.15, -0.1) is 0 Å². The van der Waals surface area contributed by atoms with Crippen molar-refractivity contribution in [3.8, 4) is 0 Å². The summed E-state index contributed by atoms with van der Waals surface area (Å²) in [4.78, 5) is 15.9. The summed E-state index contributed by atoms with van der Waals surface area (Å²) in [5.74, 6) is 0. The maximum absolute atomic E-state index is 11.8. The van der Waals surface area contributed by atoms with Gasteiger partial charge in [0.2, 0.25) is 0 Å². The van der Waals surface area contributed by atoms with Crippen molar-refractivity contribution in [1.29, 1.82) is 0 Å². The second kappa shape index (κ2) is 4.49. The van der Waals surface area contributed by atoms with Crippen LogP contribution in [0, 0.1) is 0 Å². The Labute approximate surface area is 101 Å². The van der Waals surface area contributed by atoms with Gasteiger partial charge in [-0.3, -0.25) is 9.78 Å². The predicted molar refractivity (Wildman–Crippen MR) is 66.2 cm³/mol. The summed E-state index contributed by atoms with van der Waals surface area (Å²) in [5.41, 5.74) is 6.93. The summed E-state index contributed by atoms with van der Waals surface area (Å²) in [5, 5.41) is 0. The predicted octanol–water partition coefficient (Wildman–Crippen LogP) is 1.64. The largest absolute Gasteiger partial charge is 0.398 e. The van der Waals surface area contributed by atoms with Gasteiger partial charge in [0.1, 0.15) is 0 Å². The van der Waals surface area contributed by atoms with Gasteiger partial charge in [-0.05, 0) is 34.1 Å². The van der Waals surface area contributed by atoms with E-state index in [4.69, 9.17) is 5.73 Å². The highest BCUT2D eigenvalue weighted by atomic mass is 79.9. The lowest BCUT2D eigenvalue weighted by atomic mass is 10.3. The number of nitrogens with two attached hydrogens (primary N) is 1. The van der Waals surface area contributed by atoms with Crippen LogP contribution in [0.2, 0.25) is 0 Å². The van der Waals surface area contributed by atoms with Crippen LogP contribution >= 0.6 is 15.9 Å². The van der Waals surface area contributed by atoms with Gasteiger partial charge in [0.05, 0.1) is 16.7 Å². The molecular formula is C11H10BrN3O. The van der Waals surface area contributed by atoms with Crippen molar-refractivity contribution in [3.05, 3.63) is 57.2 Å². The van der Waals surface area contributed by atoms with Gasteiger partial charge < -0.3 is 10.3 Å². The molecule has 0 saturated heterocycles. The fourth-order valence-corrected chi connectivity index (χ4v) is 1.90. The third kappa shape index (κ3) is 2.30. The Kier molecular flexibility index (Phi) is 3.05. The first-order chi connectivity index (χ1) is 7.66. The first kappa shape index (κ1) is 10.9. The molecule has 0 saturated carbocycles. The van der Waals surface area contributed by atoms with Crippen LogP contribution in [0.4, 0.5) is 5.69 Å². The Bertz CT molecular complexity index is 551. The molecule has 82 valence electrons. The van der Waals surface area contributed by atoms with Crippen molar-refractivity contribution in [2.24, 2.45) is 0 Å². The minimum absolute atomic E-state index is 0.111. The molecule has 2 aromatic heterocycles. The highest BCUT2D eigenvalue weighted by molar-refractivity contribution is 9.10. The SMILES string of the molecule is Nc1cc(Br)c(=O)n(Cc2ccccn2)c1. The van der Waals surface area contributed by atoms with Crippen molar-refractivity contribution in [3.63, 3.8) is 0 Å². The smallest absolute Gasteiger partial charge is 0.265 e. The lowest BCUT2D eigenvalue weighted by Gasteiger charge is -2.06. The van der Waals surface area contributed by atoms with Gasteiger partial charge in [0, 0.05) is 18.1 Å². The molecule has 2 aromatic rings. The molecule has 5 heteroatoms. The molecule has 0 unspecified atom stereocenters. The van der Waals surface area contributed by atoms with E-state index in [9.17, 15) is 4.79 Å². The minimum Gasteiger partial charge on any atom is -0.398 e. The van der Waals surface area contributed by atoms with E-state index in [-0.39, 0.29) is 5.56 Å². The average Bonchev–Trinajstić information content (AvgIpc) is 2.27. The number of rotatable bonds is 2. The molecule has 2 N–H and O–H groups in total. The molecule has 2 heterocycles. The van der Waals surface area contributed by atoms with E-state index in [1.807, 2.05) is 18.2 Å². The highest BCUT2D eigenvalue weighted by Crippen LogP contribution is 2.09. The zero-order valence-corrected chi connectivity index (χ0v) is 10.0. The van der Waals surface area contributed by atoms with Crippen LogP contribution in [0.15, 0.2) is 45.9 Å². The zero-order valence-electron chi connectivity index (χ0n) is 8.43. The summed E-state index contributed by atoms with van der Waals surface area (Å²) < 4.78 is 1.99. The third-order valence-corrected chi connectivity index (χ3v) is 2.69. The second-order valence-corrected chi connectivity index (χ2v) is 4.23. The number of pyridine rings is 2. The molecule has 0 aliphatic rings. The van der Waals surface area contributed by atoms with Gasteiger partial charge in [-0.25, -0.2) is 0 Å². The van der Waals surface area contributed by atoms with E-state index in [1.165, 1.54) is 4.57 Å².